The molecule has 0 unspecified atom stereocenters. The van der Waals surface area contributed by atoms with E-state index in [1.165, 1.54) is 12.1 Å². The summed E-state index contributed by atoms with van der Waals surface area (Å²) in [5.74, 6) is 0.145. The van der Waals surface area contributed by atoms with E-state index in [-0.39, 0.29) is 12.3 Å². The fourth-order valence-corrected chi connectivity index (χ4v) is 3.14. The molecule has 7 nitrogen and oxygen atoms in total. The molecule has 0 heterocycles. The zero-order chi connectivity index (χ0) is 20.1. The van der Waals surface area contributed by atoms with Crippen LogP contribution in [-0.4, -0.2) is 23.1 Å². The van der Waals surface area contributed by atoms with Crippen LogP contribution in [0.2, 0.25) is 0 Å². The van der Waals surface area contributed by atoms with E-state index in [1.54, 1.807) is 25.1 Å². The van der Waals surface area contributed by atoms with Crippen LogP contribution in [0.25, 0.3) is 10.8 Å². The number of nitrogens with zero attached hydrogens (tertiary/aromatic N) is 2. The van der Waals surface area contributed by atoms with Crippen molar-refractivity contribution in [1.29, 1.82) is 0 Å². The molecule has 1 N–H and O–H groups in total. The van der Waals surface area contributed by atoms with Gasteiger partial charge in [-0.3, -0.25) is 14.9 Å². The summed E-state index contributed by atoms with van der Waals surface area (Å²) in [5.41, 5.74) is 3.61. The molecule has 0 saturated carbocycles. The largest absolute Gasteiger partial charge is 0.483 e. The molecule has 3 rings (SSSR count). The number of rotatable bonds is 6. The number of nitro benzene ring substituents is 1. The molecule has 0 aliphatic carbocycles. The first-order valence-corrected chi connectivity index (χ1v) is 9.13. The van der Waals surface area contributed by atoms with Crippen LogP contribution in [0.15, 0.2) is 70.2 Å². The van der Waals surface area contributed by atoms with Gasteiger partial charge in [-0.25, -0.2) is 5.43 Å². The number of ether oxygens (including phenoxy) is 1. The molecule has 8 heteroatoms. The van der Waals surface area contributed by atoms with Gasteiger partial charge in [0.05, 0.1) is 15.1 Å². The zero-order valence-electron chi connectivity index (χ0n) is 14.9. The summed E-state index contributed by atoms with van der Waals surface area (Å²) in [6.07, 6.45) is 0. The van der Waals surface area contributed by atoms with E-state index in [9.17, 15) is 14.9 Å². The van der Waals surface area contributed by atoms with Gasteiger partial charge < -0.3 is 4.74 Å². The molecule has 0 aliphatic rings. The Bertz CT molecular complexity index is 1060. The van der Waals surface area contributed by atoms with Crippen molar-refractivity contribution >= 4 is 44.0 Å². The second-order valence-electron chi connectivity index (χ2n) is 5.92. The highest BCUT2D eigenvalue weighted by atomic mass is 79.9. The first-order chi connectivity index (χ1) is 13.5. The van der Waals surface area contributed by atoms with Gasteiger partial charge in [-0.1, -0.05) is 30.3 Å². The highest BCUT2D eigenvalue weighted by Crippen LogP contribution is 2.32. The van der Waals surface area contributed by atoms with Gasteiger partial charge in [0.15, 0.2) is 6.61 Å². The van der Waals surface area contributed by atoms with E-state index >= 15 is 0 Å². The molecule has 1 amide bonds. The van der Waals surface area contributed by atoms with Crippen molar-refractivity contribution in [2.24, 2.45) is 5.10 Å². The standard InChI is InChI=1S/C20H16BrN3O4/c1-13(14-6-9-16(10-7-14)24(26)27)22-23-19(25)12-28-18-11-8-15-4-2-3-5-17(15)20(18)21/h2-11H,12H2,1H3,(H,23,25). The number of nitro groups is 1. The van der Waals surface area contributed by atoms with Gasteiger partial charge in [-0.05, 0) is 57.4 Å². The lowest BCUT2D eigenvalue weighted by Gasteiger charge is -2.10. The number of hydrazone groups is 1. The number of carbonyl (C=O) groups excluding carboxylic acids is 1. The van der Waals surface area contributed by atoms with Crippen molar-refractivity contribution in [3.63, 3.8) is 0 Å². The maximum Gasteiger partial charge on any atom is 0.277 e. The van der Waals surface area contributed by atoms with Gasteiger partial charge in [0, 0.05) is 12.1 Å². The van der Waals surface area contributed by atoms with Crippen molar-refractivity contribution in [1.82, 2.24) is 5.43 Å². The van der Waals surface area contributed by atoms with Crippen LogP contribution in [0.3, 0.4) is 0 Å². The molecule has 0 aromatic heterocycles. The summed E-state index contributed by atoms with van der Waals surface area (Å²) in [5, 5.41) is 16.7. The highest BCUT2D eigenvalue weighted by Gasteiger charge is 2.09. The molecule has 142 valence electrons. The Kier molecular flexibility index (Phi) is 6.00. The minimum Gasteiger partial charge on any atom is -0.483 e. The van der Waals surface area contributed by atoms with Gasteiger partial charge in [0.25, 0.3) is 11.6 Å². The topological polar surface area (TPSA) is 93.8 Å². The fraction of sp³-hybridized carbons (Fsp3) is 0.100. The number of hydrogen-bond donors (Lipinski definition) is 1. The molecule has 28 heavy (non-hydrogen) atoms. The van der Waals surface area contributed by atoms with Crippen LogP contribution in [0, 0.1) is 10.1 Å². The predicted octanol–water partition coefficient (Wildman–Crippen LogP) is 4.43. The number of hydrogen-bond acceptors (Lipinski definition) is 5. The van der Waals surface area contributed by atoms with E-state index in [0.717, 1.165) is 15.2 Å². The lowest BCUT2D eigenvalue weighted by atomic mass is 10.1. The SMILES string of the molecule is CC(=NNC(=O)COc1ccc2ccccc2c1Br)c1ccc([N+](=O)[O-])cc1. The zero-order valence-corrected chi connectivity index (χ0v) is 16.5. The number of fused-ring (bicyclic) bond motifs is 1. The molecular formula is C20H16BrN3O4. The van der Waals surface area contributed by atoms with Crippen LogP contribution in [-0.2, 0) is 4.79 Å². The lowest BCUT2D eigenvalue weighted by molar-refractivity contribution is -0.384. The Balaban J connectivity index is 1.60. The molecule has 0 saturated heterocycles. The van der Waals surface area contributed by atoms with Crippen LogP contribution >= 0.6 is 15.9 Å². The van der Waals surface area contributed by atoms with E-state index in [1.807, 2.05) is 30.3 Å². The maximum absolute atomic E-state index is 12.0. The second kappa shape index (κ2) is 8.62. The number of amides is 1. The minimum atomic E-state index is -0.472. The number of nitrogens with one attached hydrogen (secondary N) is 1. The number of carbonyl (C=O) groups is 1. The average Bonchev–Trinajstić information content (AvgIpc) is 2.71. The average molecular weight is 442 g/mol. The van der Waals surface area contributed by atoms with E-state index in [4.69, 9.17) is 4.74 Å². The summed E-state index contributed by atoms with van der Waals surface area (Å²) in [6, 6.07) is 17.5. The first-order valence-electron chi connectivity index (χ1n) is 8.33. The Morgan fingerprint density at radius 2 is 1.86 bits per heavy atom. The third-order valence-electron chi connectivity index (χ3n) is 4.03. The van der Waals surface area contributed by atoms with Crippen molar-refractivity contribution in [3.8, 4) is 5.75 Å². The molecule has 0 bridgehead atoms. The number of non-ortho nitro benzene ring substituents is 1. The van der Waals surface area contributed by atoms with Crippen LogP contribution in [0.1, 0.15) is 12.5 Å². The number of halogens is 1. The number of benzene rings is 3. The van der Waals surface area contributed by atoms with Crippen molar-refractivity contribution in [3.05, 3.63) is 80.8 Å². The molecule has 0 radical (unpaired) electrons. The van der Waals surface area contributed by atoms with Crippen LogP contribution in [0.4, 0.5) is 5.69 Å². The van der Waals surface area contributed by atoms with Gasteiger partial charge in [-0.2, -0.15) is 5.10 Å². The molecule has 0 aliphatic heterocycles. The predicted molar refractivity (Wildman–Crippen MR) is 111 cm³/mol. The quantitative estimate of drug-likeness (QED) is 0.347. The second-order valence-corrected chi connectivity index (χ2v) is 6.72. The van der Waals surface area contributed by atoms with E-state index in [0.29, 0.717) is 17.0 Å². The summed E-state index contributed by atoms with van der Waals surface area (Å²) in [4.78, 5) is 22.2. The van der Waals surface area contributed by atoms with E-state index in [2.05, 4.69) is 26.5 Å². The Morgan fingerprint density at radius 1 is 1.14 bits per heavy atom. The third kappa shape index (κ3) is 4.52. The molecule has 0 atom stereocenters. The van der Waals surface area contributed by atoms with E-state index < -0.39 is 10.8 Å². The molecule has 0 fully saturated rings. The normalized spacial score (nSPS) is 11.3. The van der Waals surface area contributed by atoms with Crippen molar-refractivity contribution < 1.29 is 14.5 Å². The summed E-state index contributed by atoms with van der Waals surface area (Å²) in [6.45, 7) is 1.50. The highest BCUT2D eigenvalue weighted by molar-refractivity contribution is 9.10. The molecular weight excluding hydrogens is 426 g/mol. The summed E-state index contributed by atoms with van der Waals surface area (Å²) in [7, 11) is 0. The van der Waals surface area contributed by atoms with Gasteiger partial charge >= 0.3 is 0 Å². The van der Waals surface area contributed by atoms with Gasteiger partial charge in [0.2, 0.25) is 0 Å². The minimum absolute atomic E-state index is 0.00468. The van der Waals surface area contributed by atoms with Crippen LogP contribution in [0.5, 0.6) is 5.75 Å². The lowest BCUT2D eigenvalue weighted by Crippen LogP contribution is -2.25. The molecule has 3 aromatic rings. The first kappa shape index (κ1) is 19.5. The maximum atomic E-state index is 12.0. The Labute approximate surface area is 169 Å². The van der Waals surface area contributed by atoms with Gasteiger partial charge in [-0.15, -0.1) is 0 Å². The van der Waals surface area contributed by atoms with Crippen molar-refractivity contribution in [2.75, 3.05) is 6.61 Å². The van der Waals surface area contributed by atoms with Gasteiger partial charge in [0.1, 0.15) is 5.75 Å². The smallest absolute Gasteiger partial charge is 0.277 e. The Hall–Kier alpha value is -3.26. The van der Waals surface area contributed by atoms with Crippen LogP contribution < -0.4 is 10.2 Å². The summed E-state index contributed by atoms with van der Waals surface area (Å²) >= 11 is 3.51. The fourth-order valence-electron chi connectivity index (χ4n) is 2.54. The monoisotopic (exact) mass is 441 g/mol. The van der Waals surface area contributed by atoms with Crippen molar-refractivity contribution in [2.45, 2.75) is 6.92 Å². The summed E-state index contributed by atoms with van der Waals surface area (Å²) < 4.78 is 6.37. The third-order valence-corrected chi connectivity index (χ3v) is 4.85. The molecule has 3 aromatic carbocycles. The Morgan fingerprint density at radius 3 is 2.57 bits per heavy atom. The molecule has 0 spiro atoms.